The summed E-state index contributed by atoms with van der Waals surface area (Å²) in [5.74, 6) is 0. The molecule has 0 N–H and O–H groups in total. The fourth-order valence-corrected chi connectivity index (χ4v) is 4.67. The average molecular weight is 375 g/mol. The molecule has 0 aliphatic heterocycles. The van der Waals surface area contributed by atoms with Crippen molar-refractivity contribution < 1.29 is 0 Å². The van der Waals surface area contributed by atoms with Crippen LogP contribution in [0.15, 0.2) is 78.9 Å². The molecule has 0 nitrogen and oxygen atoms in total. The molecule has 0 unspecified atom stereocenters. The first-order chi connectivity index (χ1) is 14.1. The number of aryl methyl sites for hydroxylation is 3. The van der Waals surface area contributed by atoms with Crippen LogP contribution in [-0.2, 0) is 12.8 Å². The fraction of sp³-hybridized carbons (Fsp3) is 0.172. The molecule has 142 valence electrons. The second kappa shape index (κ2) is 7.04. The summed E-state index contributed by atoms with van der Waals surface area (Å²) in [5.41, 5.74) is 15.1. The van der Waals surface area contributed by atoms with Gasteiger partial charge in [-0.1, -0.05) is 95.6 Å². The third kappa shape index (κ3) is 3.29. The Morgan fingerprint density at radius 1 is 0.414 bits per heavy atom. The van der Waals surface area contributed by atoms with Gasteiger partial charge in [-0.2, -0.15) is 0 Å². The average Bonchev–Trinajstić information content (AvgIpc) is 2.71. The van der Waals surface area contributed by atoms with Crippen LogP contribution in [0, 0.1) is 20.8 Å². The molecule has 0 amide bonds. The topological polar surface area (TPSA) is 0 Å². The normalized spacial score (nSPS) is 12.4. The van der Waals surface area contributed by atoms with Crippen molar-refractivity contribution in [1.29, 1.82) is 0 Å². The van der Waals surface area contributed by atoms with Crippen LogP contribution >= 0.6 is 0 Å². The minimum absolute atomic E-state index is 0.951. The lowest BCUT2D eigenvalue weighted by molar-refractivity contribution is 1.14. The minimum atomic E-state index is 0.951. The van der Waals surface area contributed by atoms with Crippen LogP contribution in [0.4, 0.5) is 0 Å². The van der Waals surface area contributed by atoms with Crippen molar-refractivity contribution in [2.45, 2.75) is 33.6 Å². The molecule has 0 spiro atoms. The van der Waals surface area contributed by atoms with E-state index in [0.29, 0.717) is 0 Å². The summed E-state index contributed by atoms with van der Waals surface area (Å²) in [7, 11) is 0. The highest BCUT2D eigenvalue weighted by molar-refractivity contribution is 5.78. The van der Waals surface area contributed by atoms with Crippen LogP contribution < -0.4 is 0 Å². The lowest BCUT2D eigenvalue weighted by atomic mass is 9.83. The number of benzene rings is 4. The number of hydrogen-bond acceptors (Lipinski definition) is 0. The van der Waals surface area contributed by atoms with Crippen LogP contribution in [0.3, 0.4) is 0 Å². The lowest BCUT2D eigenvalue weighted by Crippen LogP contribution is -2.03. The predicted octanol–water partition coefficient (Wildman–Crippen LogP) is 7.44. The number of rotatable bonds is 0. The molecule has 5 rings (SSSR count). The summed E-state index contributed by atoms with van der Waals surface area (Å²) in [6.45, 7) is 6.59. The molecule has 4 aromatic rings. The number of fused-ring (bicyclic) bond motifs is 6. The van der Waals surface area contributed by atoms with E-state index in [1.807, 2.05) is 0 Å². The molecular weight excluding hydrogens is 348 g/mol. The van der Waals surface area contributed by atoms with Gasteiger partial charge in [-0.3, -0.25) is 0 Å². The standard InChI is InChI=1S/C29H26/c1-19-10-13-27-25(14-19)18-24-12-9-21(3)16-29(24)28-15-20(2)8-11-23(28)17-22-6-4-5-7-26(22)27/h4-16H,17-18H2,1-3H3. The maximum Gasteiger partial charge on any atom is -0.00134 e. The van der Waals surface area contributed by atoms with Crippen molar-refractivity contribution >= 4 is 0 Å². The van der Waals surface area contributed by atoms with Crippen molar-refractivity contribution in [3.05, 3.63) is 118 Å². The van der Waals surface area contributed by atoms with Crippen LogP contribution in [0.5, 0.6) is 0 Å². The fourth-order valence-electron chi connectivity index (χ4n) is 4.67. The third-order valence-electron chi connectivity index (χ3n) is 6.15. The maximum absolute atomic E-state index is 2.37. The summed E-state index contributed by atoms with van der Waals surface area (Å²) < 4.78 is 0. The Morgan fingerprint density at radius 2 is 0.897 bits per heavy atom. The zero-order chi connectivity index (χ0) is 20.0. The summed E-state index contributed by atoms with van der Waals surface area (Å²) in [5, 5.41) is 0. The molecule has 0 fully saturated rings. The number of hydrogen-bond donors (Lipinski definition) is 0. The zero-order valence-electron chi connectivity index (χ0n) is 17.4. The molecule has 0 aromatic heterocycles. The van der Waals surface area contributed by atoms with E-state index in [-0.39, 0.29) is 0 Å². The minimum Gasteiger partial charge on any atom is -0.0619 e. The smallest absolute Gasteiger partial charge is 0.00134 e. The Morgan fingerprint density at radius 3 is 1.59 bits per heavy atom. The Bertz CT molecular complexity index is 1230. The predicted molar refractivity (Wildman–Crippen MR) is 124 cm³/mol. The van der Waals surface area contributed by atoms with Gasteiger partial charge in [0.2, 0.25) is 0 Å². The third-order valence-corrected chi connectivity index (χ3v) is 6.15. The zero-order valence-corrected chi connectivity index (χ0v) is 17.4. The highest BCUT2D eigenvalue weighted by Crippen LogP contribution is 2.38. The molecule has 0 heterocycles. The van der Waals surface area contributed by atoms with Crippen molar-refractivity contribution in [3.8, 4) is 22.3 Å². The maximum atomic E-state index is 2.37. The molecule has 29 heavy (non-hydrogen) atoms. The van der Waals surface area contributed by atoms with Crippen molar-refractivity contribution in [2.24, 2.45) is 0 Å². The Labute approximate surface area is 173 Å². The molecular formula is C29H26. The van der Waals surface area contributed by atoms with E-state index in [1.54, 1.807) is 0 Å². The van der Waals surface area contributed by atoms with Gasteiger partial charge < -0.3 is 0 Å². The second-order valence-corrected chi connectivity index (χ2v) is 8.49. The van der Waals surface area contributed by atoms with Crippen LogP contribution in [-0.4, -0.2) is 0 Å². The van der Waals surface area contributed by atoms with Gasteiger partial charge in [-0.15, -0.1) is 0 Å². The quantitative estimate of drug-likeness (QED) is 0.264. The van der Waals surface area contributed by atoms with Crippen LogP contribution in [0.25, 0.3) is 22.3 Å². The first-order valence-corrected chi connectivity index (χ1v) is 10.5. The van der Waals surface area contributed by atoms with Crippen LogP contribution in [0.1, 0.15) is 38.9 Å². The largest absolute Gasteiger partial charge is 0.0619 e. The molecule has 1 aliphatic carbocycles. The van der Waals surface area contributed by atoms with Gasteiger partial charge in [0.25, 0.3) is 0 Å². The molecule has 4 aromatic carbocycles. The highest BCUT2D eigenvalue weighted by atomic mass is 14.2. The van der Waals surface area contributed by atoms with Crippen molar-refractivity contribution in [1.82, 2.24) is 0 Å². The molecule has 0 heteroatoms. The first kappa shape index (κ1) is 17.9. The Kier molecular flexibility index (Phi) is 4.36. The lowest BCUT2D eigenvalue weighted by Gasteiger charge is -2.22. The molecule has 1 aliphatic rings. The van der Waals surface area contributed by atoms with E-state index >= 15 is 0 Å². The second-order valence-electron chi connectivity index (χ2n) is 8.49. The first-order valence-electron chi connectivity index (χ1n) is 10.5. The van der Waals surface area contributed by atoms with Gasteiger partial charge in [0, 0.05) is 0 Å². The molecule has 0 atom stereocenters. The SMILES string of the molecule is Cc1ccc2c(c1)Cc1ccc(C)cc1-c1cc(C)ccc1Cc1ccccc1-2. The van der Waals surface area contributed by atoms with E-state index in [4.69, 9.17) is 0 Å². The van der Waals surface area contributed by atoms with Gasteiger partial charge in [0.1, 0.15) is 0 Å². The van der Waals surface area contributed by atoms with E-state index in [1.165, 1.54) is 61.2 Å². The van der Waals surface area contributed by atoms with Crippen molar-refractivity contribution in [2.75, 3.05) is 0 Å². The van der Waals surface area contributed by atoms with E-state index in [0.717, 1.165) is 12.8 Å². The van der Waals surface area contributed by atoms with E-state index in [2.05, 4.69) is 99.6 Å². The van der Waals surface area contributed by atoms with E-state index in [9.17, 15) is 0 Å². The summed E-state index contributed by atoms with van der Waals surface area (Å²) >= 11 is 0. The van der Waals surface area contributed by atoms with E-state index < -0.39 is 0 Å². The van der Waals surface area contributed by atoms with Gasteiger partial charge in [0.15, 0.2) is 0 Å². The summed E-state index contributed by atoms with van der Waals surface area (Å²) in [6, 6.07) is 29.7. The van der Waals surface area contributed by atoms with Crippen molar-refractivity contribution in [3.63, 3.8) is 0 Å². The van der Waals surface area contributed by atoms with Gasteiger partial charge >= 0.3 is 0 Å². The molecule has 0 bridgehead atoms. The summed E-state index contributed by atoms with van der Waals surface area (Å²) in [4.78, 5) is 0. The monoisotopic (exact) mass is 374 g/mol. The van der Waals surface area contributed by atoms with Gasteiger partial charge in [-0.25, -0.2) is 0 Å². The summed E-state index contributed by atoms with van der Waals surface area (Å²) in [6.07, 6.45) is 1.90. The Balaban J connectivity index is 1.85. The van der Waals surface area contributed by atoms with Gasteiger partial charge in [-0.05, 0) is 78.1 Å². The molecule has 0 radical (unpaired) electrons. The van der Waals surface area contributed by atoms with Gasteiger partial charge in [0.05, 0.1) is 0 Å². The highest BCUT2D eigenvalue weighted by Gasteiger charge is 2.18. The molecule has 0 saturated carbocycles. The molecule has 0 saturated heterocycles. The van der Waals surface area contributed by atoms with Crippen LogP contribution in [0.2, 0.25) is 0 Å². The Hall–Kier alpha value is -3.12.